The van der Waals surface area contributed by atoms with Gasteiger partial charge in [-0.1, -0.05) is 54.2 Å². The van der Waals surface area contributed by atoms with Crippen molar-refractivity contribution in [2.45, 2.75) is 97.7 Å². The van der Waals surface area contributed by atoms with E-state index in [1.807, 2.05) is 6.92 Å². The topological polar surface area (TPSA) is 83.2 Å². The second kappa shape index (κ2) is 10.1. The maximum atomic E-state index is 10.3. The normalized spacial score (nSPS) is 39.8. The molecule has 6 heteroatoms. The van der Waals surface area contributed by atoms with Gasteiger partial charge >= 0.3 is 0 Å². The van der Waals surface area contributed by atoms with E-state index in [1.54, 1.807) is 6.92 Å². The number of aliphatic hydroxyl groups is 1. The summed E-state index contributed by atoms with van der Waals surface area (Å²) in [5.74, 6) is 2.62. The lowest BCUT2D eigenvalue weighted by atomic mass is 9.75. The highest BCUT2D eigenvalue weighted by Crippen LogP contribution is 2.73. The van der Waals surface area contributed by atoms with Crippen LogP contribution in [-0.2, 0) is 18.9 Å². The molecule has 0 aliphatic heterocycles. The van der Waals surface area contributed by atoms with Crippen LogP contribution in [0.2, 0.25) is 0 Å². The highest BCUT2D eigenvalue weighted by atomic mass is 16.8. The van der Waals surface area contributed by atoms with Gasteiger partial charge in [-0.15, -0.1) is 0 Å². The minimum Gasteiger partial charge on any atom is -0.512 e. The summed E-state index contributed by atoms with van der Waals surface area (Å²) in [5, 5.41) is 10.3. The Balaban J connectivity index is 1.63. The Kier molecular flexibility index (Phi) is 8.03. The number of rotatable bonds is 12. The summed E-state index contributed by atoms with van der Waals surface area (Å²) >= 11 is 0. The second-order valence-corrected chi connectivity index (χ2v) is 11.4. The van der Waals surface area contributed by atoms with Crippen LogP contribution in [0.4, 0.5) is 0 Å². The summed E-state index contributed by atoms with van der Waals surface area (Å²) in [6.07, 6.45) is 4.22. The van der Waals surface area contributed by atoms with Gasteiger partial charge in [0.15, 0.2) is 0 Å². The number of hydrogen-bond donors (Lipinski definition) is 2. The molecule has 6 nitrogen and oxygen atoms in total. The SMILES string of the molecule is C=C(O[C@H](C)OC(=C)[C@]1(N)[C@H](OCCC)C[C@@H]2[C@H]1[C@@]2(C)C(=C)O)O[C@@H]1C[C@H](C)CC[C@H]1C(C)C. The summed E-state index contributed by atoms with van der Waals surface area (Å²) < 4.78 is 24.3. The Hall–Kier alpha value is -1.66. The molecule has 0 heterocycles. The van der Waals surface area contributed by atoms with Gasteiger partial charge in [-0.05, 0) is 55.9 Å². The molecule has 3 rings (SSSR count). The lowest BCUT2D eigenvalue weighted by Gasteiger charge is -2.39. The molecule has 194 valence electrons. The van der Waals surface area contributed by atoms with Gasteiger partial charge in [-0.3, -0.25) is 0 Å². The van der Waals surface area contributed by atoms with E-state index in [9.17, 15) is 5.11 Å². The third-order valence-corrected chi connectivity index (χ3v) is 8.70. The second-order valence-electron chi connectivity index (χ2n) is 11.4. The van der Waals surface area contributed by atoms with Crippen molar-refractivity contribution >= 4 is 0 Å². The Morgan fingerprint density at radius 3 is 2.38 bits per heavy atom. The zero-order chi connectivity index (χ0) is 25.4. The van der Waals surface area contributed by atoms with Gasteiger partial charge in [0.2, 0.25) is 6.29 Å². The number of ether oxygens (including phenoxy) is 4. The van der Waals surface area contributed by atoms with Gasteiger partial charge in [-0.25, -0.2) is 0 Å². The van der Waals surface area contributed by atoms with Crippen LogP contribution < -0.4 is 5.73 Å². The number of aliphatic hydroxyl groups excluding tert-OH is 1. The van der Waals surface area contributed by atoms with Crippen molar-refractivity contribution in [2.75, 3.05) is 6.61 Å². The first-order valence-corrected chi connectivity index (χ1v) is 13.0. The summed E-state index contributed by atoms with van der Waals surface area (Å²) in [6.45, 7) is 25.2. The third kappa shape index (κ3) is 4.86. The van der Waals surface area contributed by atoms with E-state index in [0.717, 1.165) is 25.7 Å². The van der Waals surface area contributed by atoms with Crippen molar-refractivity contribution in [3.05, 3.63) is 37.2 Å². The highest BCUT2D eigenvalue weighted by Gasteiger charge is 2.78. The summed E-state index contributed by atoms with van der Waals surface area (Å²) in [4.78, 5) is 0. The van der Waals surface area contributed by atoms with Crippen LogP contribution in [0.3, 0.4) is 0 Å². The van der Waals surface area contributed by atoms with Crippen molar-refractivity contribution in [3.63, 3.8) is 0 Å². The van der Waals surface area contributed by atoms with E-state index in [-0.39, 0.29) is 35.7 Å². The fraction of sp³-hybridized carbons (Fsp3) is 0.786. The molecule has 0 radical (unpaired) electrons. The van der Waals surface area contributed by atoms with Crippen molar-refractivity contribution in [1.29, 1.82) is 0 Å². The summed E-state index contributed by atoms with van der Waals surface area (Å²) in [5.41, 5.74) is 5.58. The largest absolute Gasteiger partial charge is 0.512 e. The highest BCUT2D eigenvalue weighted by molar-refractivity contribution is 5.38. The number of fused-ring (bicyclic) bond motifs is 1. The predicted octanol–water partition coefficient (Wildman–Crippen LogP) is 6.05. The average Bonchev–Trinajstić information content (AvgIpc) is 3.21. The van der Waals surface area contributed by atoms with Crippen LogP contribution in [-0.4, -0.2) is 35.8 Å². The van der Waals surface area contributed by atoms with E-state index < -0.39 is 17.2 Å². The van der Waals surface area contributed by atoms with Crippen LogP contribution >= 0.6 is 0 Å². The van der Waals surface area contributed by atoms with Gasteiger partial charge < -0.3 is 29.8 Å². The lowest BCUT2D eigenvalue weighted by molar-refractivity contribution is -0.151. The smallest absolute Gasteiger partial charge is 0.274 e. The van der Waals surface area contributed by atoms with E-state index in [1.165, 1.54) is 6.42 Å². The molecule has 0 amide bonds. The molecule has 3 aliphatic rings. The van der Waals surface area contributed by atoms with E-state index in [0.29, 0.717) is 30.1 Å². The first-order chi connectivity index (χ1) is 15.9. The lowest BCUT2D eigenvalue weighted by Crippen LogP contribution is -2.55. The van der Waals surface area contributed by atoms with Gasteiger partial charge in [0.05, 0.1) is 11.9 Å². The zero-order valence-electron chi connectivity index (χ0n) is 22.1. The standard InChI is InChI=1S/C28H47NO5/c1-10-13-31-25-15-23-26(27(23,9)18(5)30)28(25,29)19(6)32-20(7)33-21(8)34-24-14-17(4)11-12-22(24)16(2)3/h16-17,20,22-26,30H,5-6,8,10-15,29H2,1-4,7,9H3/t17-,20-,22+,23-,24-,25-,26+,27+,28+/m1/s1. The summed E-state index contributed by atoms with van der Waals surface area (Å²) in [6, 6.07) is 0. The fourth-order valence-corrected chi connectivity index (χ4v) is 6.61. The predicted molar refractivity (Wildman–Crippen MR) is 135 cm³/mol. The fourth-order valence-electron chi connectivity index (χ4n) is 6.61. The molecule has 0 aromatic carbocycles. The van der Waals surface area contributed by atoms with Crippen molar-refractivity contribution in [2.24, 2.45) is 40.7 Å². The van der Waals surface area contributed by atoms with Crippen LogP contribution in [0.15, 0.2) is 37.2 Å². The number of nitrogens with two attached hydrogens (primary N) is 1. The Bertz CT molecular complexity index is 781. The molecule has 9 atom stereocenters. The molecule has 0 bridgehead atoms. The van der Waals surface area contributed by atoms with E-state index in [2.05, 4.69) is 47.4 Å². The summed E-state index contributed by atoms with van der Waals surface area (Å²) in [7, 11) is 0. The van der Waals surface area contributed by atoms with Crippen molar-refractivity contribution < 1.29 is 24.1 Å². The van der Waals surface area contributed by atoms with Crippen LogP contribution in [0.1, 0.15) is 73.6 Å². The van der Waals surface area contributed by atoms with Crippen molar-refractivity contribution in [3.8, 4) is 0 Å². The molecule has 0 unspecified atom stereocenters. The Labute approximate surface area is 206 Å². The van der Waals surface area contributed by atoms with Gasteiger partial charge in [-0.2, -0.15) is 0 Å². The Morgan fingerprint density at radius 1 is 1.12 bits per heavy atom. The van der Waals surface area contributed by atoms with Crippen LogP contribution in [0.5, 0.6) is 0 Å². The molecule has 0 spiro atoms. The zero-order valence-corrected chi connectivity index (χ0v) is 22.1. The number of allylic oxidation sites excluding steroid dienone is 1. The molecule has 0 aromatic heterocycles. The molecule has 34 heavy (non-hydrogen) atoms. The molecule has 3 fully saturated rings. The van der Waals surface area contributed by atoms with Gasteiger partial charge in [0.1, 0.15) is 17.4 Å². The van der Waals surface area contributed by atoms with E-state index in [4.69, 9.17) is 24.7 Å². The van der Waals surface area contributed by atoms with Gasteiger partial charge in [0.25, 0.3) is 5.95 Å². The maximum Gasteiger partial charge on any atom is 0.274 e. The Morgan fingerprint density at radius 2 is 1.79 bits per heavy atom. The number of hydrogen-bond acceptors (Lipinski definition) is 6. The molecule has 3 aliphatic carbocycles. The first kappa shape index (κ1) is 26.9. The molecule has 0 aromatic rings. The molecular weight excluding hydrogens is 430 g/mol. The molecular formula is C28H47NO5. The van der Waals surface area contributed by atoms with Crippen LogP contribution in [0, 0.1) is 35.0 Å². The minimum atomic E-state index is -0.943. The van der Waals surface area contributed by atoms with Crippen LogP contribution in [0.25, 0.3) is 0 Å². The maximum absolute atomic E-state index is 10.3. The van der Waals surface area contributed by atoms with Crippen molar-refractivity contribution in [1.82, 2.24) is 0 Å². The molecule has 0 saturated heterocycles. The van der Waals surface area contributed by atoms with Gasteiger partial charge in [0, 0.05) is 24.9 Å². The van der Waals surface area contributed by atoms with E-state index >= 15 is 0 Å². The quantitative estimate of drug-likeness (QED) is 0.263. The molecule has 3 N–H and O–H groups in total. The third-order valence-electron chi connectivity index (χ3n) is 8.70. The average molecular weight is 478 g/mol. The minimum absolute atomic E-state index is 0.0472. The molecule has 3 saturated carbocycles. The monoisotopic (exact) mass is 477 g/mol. The first-order valence-electron chi connectivity index (χ1n) is 13.0.